The van der Waals surface area contributed by atoms with Gasteiger partial charge in [-0.3, -0.25) is 14.5 Å². The fourth-order valence-corrected chi connectivity index (χ4v) is 4.03. The number of halogens is 1. The summed E-state index contributed by atoms with van der Waals surface area (Å²) in [7, 11) is 0. The van der Waals surface area contributed by atoms with Crippen LogP contribution in [0.2, 0.25) is 5.02 Å². The zero-order valence-corrected chi connectivity index (χ0v) is 18.1. The number of ether oxygens (including phenoxy) is 2. The summed E-state index contributed by atoms with van der Waals surface area (Å²) in [5, 5.41) is 9.11. The lowest BCUT2D eigenvalue weighted by Crippen LogP contribution is -2.27. The van der Waals surface area contributed by atoms with Crippen LogP contribution in [0, 0.1) is 23.7 Å². The van der Waals surface area contributed by atoms with Gasteiger partial charge in [0.2, 0.25) is 0 Å². The van der Waals surface area contributed by atoms with Crippen LogP contribution in [-0.4, -0.2) is 29.3 Å². The number of amides is 2. The lowest BCUT2D eigenvalue weighted by Gasteiger charge is -2.14. The Balaban J connectivity index is 1.89. The first-order chi connectivity index (χ1) is 15.0. The highest BCUT2D eigenvalue weighted by Gasteiger charge is 2.35. The summed E-state index contributed by atoms with van der Waals surface area (Å²) in [6, 6.07) is 12.2. The van der Waals surface area contributed by atoms with Gasteiger partial charge in [-0.15, -0.1) is 6.42 Å². The van der Waals surface area contributed by atoms with E-state index in [1.165, 1.54) is 0 Å². The quantitative estimate of drug-likeness (QED) is 0.441. The second-order valence-corrected chi connectivity index (χ2v) is 7.69. The molecular weight excluding hydrogens is 436 g/mol. The molecule has 1 fully saturated rings. The van der Waals surface area contributed by atoms with Crippen LogP contribution in [0.25, 0.3) is 6.08 Å². The number of nitrogens with zero attached hydrogens (tertiary/aromatic N) is 2. The molecule has 156 valence electrons. The molecule has 0 aliphatic carbocycles. The van der Waals surface area contributed by atoms with Crippen molar-refractivity contribution in [2.24, 2.45) is 0 Å². The van der Waals surface area contributed by atoms with Gasteiger partial charge in [-0.05, 0) is 54.1 Å². The predicted molar refractivity (Wildman–Crippen MR) is 120 cm³/mol. The highest BCUT2D eigenvalue weighted by Crippen LogP contribution is 2.39. The molecule has 0 unspecified atom stereocenters. The summed E-state index contributed by atoms with van der Waals surface area (Å²) in [4.78, 5) is 26.7. The molecule has 6 nitrogen and oxygen atoms in total. The zero-order valence-electron chi connectivity index (χ0n) is 16.6. The SMILES string of the molecule is C#CCOc1c(Cl)cc(/C=C2/SC(=O)N(Cc3ccccc3C#N)C2=O)cc1OCC. The van der Waals surface area contributed by atoms with Crippen molar-refractivity contribution in [3.05, 3.63) is 63.0 Å². The number of hydrogen-bond acceptors (Lipinski definition) is 6. The van der Waals surface area contributed by atoms with E-state index in [2.05, 4.69) is 12.0 Å². The molecule has 3 rings (SSSR count). The molecule has 0 saturated carbocycles. The molecule has 0 bridgehead atoms. The molecule has 0 aromatic heterocycles. The Morgan fingerprint density at radius 3 is 2.74 bits per heavy atom. The lowest BCUT2D eigenvalue weighted by molar-refractivity contribution is -0.123. The van der Waals surface area contributed by atoms with Gasteiger partial charge in [0.15, 0.2) is 11.5 Å². The number of rotatable bonds is 7. The fraction of sp³-hybridized carbons (Fsp3) is 0.174. The lowest BCUT2D eigenvalue weighted by atomic mass is 10.1. The molecule has 8 heteroatoms. The van der Waals surface area contributed by atoms with Gasteiger partial charge in [-0.1, -0.05) is 35.7 Å². The Hall–Kier alpha value is -3.39. The molecule has 0 N–H and O–H groups in total. The average Bonchev–Trinajstić information content (AvgIpc) is 3.01. The molecule has 0 atom stereocenters. The molecule has 2 aromatic carbocycles. The third kappa shape index (κ3) is 5.03. The molecule has 2 aromatic rings. The second kappa shape index (κ2) is 10.1. The number of benzene rings is 2. The molecular formula is C23H17ClN2O4S. The maximum atomic E-state index is 12.9. The Morgan fingerprint density at radius 2 is 2.03 bits per heavy atom. The van der Waals surface area contributed by atoms with Crippen LogP contribution in [0.15, 0.2) is 41.3 Å². The molecule has 1 aliphatic heterocycles. The van der Waals surface area contributed by atoms with E-state index in [0.717, 1.165) is 16.7 Å². The fourth-order valence-electron chi connectivity index (χ4n) is 2.91. The first-order valence-corrected chi connectivity index (χ1v) is 10.4. The van der Waals surface area contributed by atoms with Crippen molar-refractivity contribution < 1.29 is 19.1 Å². The predicted octanol–water partition coefficient (Wildman–Crippen LogP) is 4.86. The molecule has 1 aliphatic rings. The first-order valence-electron chi connectivity index (χ1n) is 9.24. The summed E-state index contributed by atoms with van der Waals surface area (Å²) < 4.78 is 11.1. The number of terminal acetylenes is 1. The Kier molecular flexibility index (Phi) is 7.25. The van der Waals surface area contributed by atoms with Gasteiger partial charge in [0.05, 0.1) is 34.7 Å². The highest BCUT2D eigenvalue weighted by molar-refractivity contribution is 8.18. The van der Waals surface area contributed by atoms with Gasteiger partial charge < -0.3 is 9.47 Å². The number of nitriles is 1. The molecule has 0 radical (unpaired) electrons. The summed E-state index contributed by atoms with van der Waals surface area (Å²) in [5.41, 5.74) is 1.59. The second-order valence-electron chi connectivity index (χ2n) is 6.29. The van der Waals surface area contributed by atoms with E-state index >= 15 is 0 Å². The largest absolute Gasteiger partial charge is 0.490 e. The molecule has 31 heavy (non-hydrogen) atoms. The number of hydrogen-bond donors (Lipinski definition) is 0. The Bertz CT molecular complexity index is 1150. The number of thioether (sulfide) groups is 1. The average molecular weight is 453 g/mol. The van der Waals surface area contributed by atoms with E-state index in [-0.39, 0.29) is 23.1 Å². The summed E-state index contributed by atoms with van der Waals surface area (Å²) in [6.45, 7) is 2.24. The van der Waals surface area contributed by atoms with Crippen molar-refractivity contribution >= 4 is 40.6 Å². The van der Waals surface area contributed by atoms with Crippen LogP contribution in [0.4, 0.5) is 4.79 Å². The number of carbonyl (C=O) groups is 2. The van der Waals surface area contributed by atoms with Gasteiger partial charge in [0, 0.05) is 0 Å². The minimum Gasteiger partial charge on any atom is -0.490 e. The Labute approximate surface area is 189 Å². The van der Waals surface area contributed by atoms with Gasteiger partial charge in [-0.25, -0.2) is 0 Å². The van der Waals surface area contributed by atoms with Crippen molar-refractivity contribution in [1.29, 1.82) is 5.26 Å². The minimum absolute atomic E-state index is 0.0234. The van der Waals surface area contributed by atoms with Crippen LogP contribution in [-0.2, 0) is 11.3 Å². The highest BCUT2D eigenvalue weighted by atomic mass is 35.5. The van der Waals surface area contributed by atoms with Crippen LogP contribution < -0.4 is 9.47 Å². The first kappa shape index (κ1) is 22.3. The standard InChI is InChI=1S/C23H17ClN2O4S/c1-3-9-30-21-18(24)10-15(11-19(21)29-4-2)12-20-22(27)26(23(28)31-20)14-17-8-6-5-7-16(17)13-25/h1,5-8,10-12H,4,9,14H2,2H3/b20-12+. The van der Waals surface area contributed by atoms with E-state index in [9.17, 15) is 14.9 Å². The van der Waals surface area contributed by atoms with Gasteiger partial charge >= 0.3 is 0 Å². The van der Waals surface area contributed by atoms with E-state index in [4.69, 9.17) is 27.5 Å². The van der Waals surface area contributed by atoms with Crippen molar-refractivity contribution in [3.8, 4) is 29.9 Å². The van der Waals surface area contributed by atoms with Gasteiger partial charge in [0.1, 0.15) is 6.61 Å². The van der Waals surface area contributed by atoms with E-state index in [1.807, 2.05) is 6.92 Å². The minimum atomic E-state index is -0.440. The summed E-state index contributed by atoms with van der Waals surface area (Å²) in [5.74, 6) is 2.64. The van der Waals surface area contributed by atoms with Crippen molar-refractivity contribution in [3.63, 3.8) is 0 Å². The van der Waals surface area contributed by atoms with E-state index in [0.29, 0.717) is 34.8 Å². The Morgan fingerprint density at radius 1 is 1.26 bits per heavy atom. The van der Waals surface area contributed by atoms with Crippen molar-refractivity contribution in [2.45, 2.75) is 13.5 Å². The smallest absolute Gasteiger partial charge is 0.293 e. The normalized spacial score (nSPS) is 14.5. The monoisotopic (exact) mass is 452 g/mol. The van der Waals surface area contributed by atoms with Crippen LogP contribution >= 0.6 is 23.4 Å². The van der Waals surface area contributed by atoms with E-state index < -0.39 is 11.1 Å². The third-order valence-corrected chi connectivity index (χ3v) is 5.46. The maximum absolute atomic E-state index is 12.9. The van der Waals surface area contributed by atoms with Crippen molar-refractivity contribution in [2.75, 3.05) is 13.2 Å². The van der Waals surface area contributed by atoms with Gasteiger partial charge in [0.25, 0.3) is 11.1 Å². The van der Waals surface area contributed by atoms with Crippen LogP contribution in [0.5, 0.6) is 11.5 Å². The third-order valence-electron chi connectivity index (χ3n) is 4.27. The summed E-state index contributed by atoms with van der Waals surface area (Å²) >= 11 is 7.15. The topological polar surface area (TPSA) is 79.6 Å². The van der Waals surface area contributed by atoms with Crippen molar-refractivity contribution in [1.82, 2.24) is 4.90 Å². The van der Waals surface area contributed by atoms with Crippen LogP contribution in [0.3, 0.4) is 0 Å². The van der Waals surface area contributed by atoms with E-state index in [1.54, 1.807) is 42.5 Å². The molecule has 0 spiro atoms. The maximum Gasteiger partial charge on any atom is 0.293 e. The number of carbonyl (C=O) groups excluding carboxylic acids is 2. The molecule has 2 amide bonds. The molecule has 1 saturated heterocycles. The molecule has 1 heterocycles. The number of imide groups is 1. The zero-order chi connectivity index (χ0) is 22.4. The summed E-state index contributed by atoms with van der Waals surface area (Å²) in [6.07, 6.45) is 6.81. The van der Waals surface area contributed by atoms with Crippen LogP contribution in [0.1, 0.15) is 23.6 Å². The van der Waals surface area contributed by atoms with Gasteiger partial charge in [-0.2, -0.15) is 5.26 Å².